The number of benzene rings is 1. The van der Waals surface area contributed by atoms with Crippen LogP contribution in [-0.4, -0.2) is 25.7 Å². The normalized spacial score (nSPS) is 12.2. The zero-order chi connectivity index (χ0) is 13.5. The number of hydrogen-bond donors (Lipinski definition) is 2. The molecular formula is C12H16F2N2O2. The fourth-order valence-corrected chi connectivity index (χ4v) is 1.35. The first kappa shape index (κ1) is 14.5. The lowest BCUT2D eigenvalue weighted by atomic mass is 10.2. The largest absolute Gasteiger partial charge is 0.385 e. The summed E-state index contributed by atoms with van der Waals surface area (Å²) in [5, 5.41) is 2.49. The van der Waals surface area contributed by atoms with Crippen molar-refractivity contribution in [3.8, 4) is 0 Å². The molecule has 100 valence electrons. The van der Waals surface area contributed by atoms with Gasteiger partial charge in [0.2, 0.25) is 5.91 Å². The monoisotopic (exact) mass is 258 g/mol. The van der Waals surface area contributed by atoms with Crippen LogP contribution in [0.3, 0.4) is 0 Å². The maximum atomic E-state index is 13.3. The lowest BCUT2D eigenvalue weighted by molar-refractivity contribution is -0.122. The summed E-state index contributed by atoms with van der Waals surface area (Å²) in [6.45, 7) is 0.352. The van der Waals surface area contributed by atoms with Crippen LogP contribution >= 0.6 is 0 Å². The van der Waals surface area contributed by atoms with E-state index >= 15 is 0 Å². The lowest BCUT2D eigenvalue weighted by Gasteiger charge is -2.12. The second-order valence-electron chi connectivity index (χ2n) is 3.84. The number of carbonyl (C=O) groups excluding carboxylic acids is 1. The van der Waals surface area contributed by atoms with Gasteiger partial charge in [-0.2, -0.15) is 0 Å². The standard InChI is InChI=1S/C12H16F2N2O2/c1-18-5-4-11(15)12(17)16-7-8-2-3-9(13)6-10(8)14/h2-3,6,11H,4-5,7,15H2,1H3,(H,16,17). The number of rotatable bonds is 6. The van der Waals surface area contributed by atoms with Gasteiger partial charge in [0.1, 0.15) is 11.6 Å². The zero-order valence-electron chi connectivity index (χ0n) is 10.1. The van der Waals surface area contributed by atoms with E-state index in [9.17, 15) is 13.6 Å². The van der Waals surface area contributed by atoms with Crippen molar-refractivity contribution >= 4 is 5.91 Å². The Kier molecular flexibility index (Phi) is 5.67. The van der Waals surface area contributed by atoms with Crippen LogP contribution in [0.25, 0.3) is 0 Å². The van der Waals surface area contributed by atoms with Gasteiger partial charge in [0, 0.05) is 31.9 Å². The van der Waals surface area contributed by atoms with Gasteiger partial charge in [-0.05, 0) is 12.5 Å². The van der Waals surface area contributed by atoms with Crippen LogP contribution in [0.4, 0.5) is 8.78 Å². The number of halogens is 2. The number of carbonyl (C=O) groups is 1. The van der Waals surface area contributed by atoms with Crippen LogP contribution in [0.5, 0.6) is 0 Å². The average Bonchev–Trinajstić information content (AvgIpc) is 2.34. The van der Waals surface area contributed by atoms with E-state index in [1.807, 2.05) is 0 Å². The predicted molar refractivity (Wildman–Crippen MR) is 62.7 cm³/mol. The molecule has 0 aromatic heterocycles. The molecule has 1 amide bonds. The summed E-state index contributed by atoms with van der Waals surface area (Å²) < 4.78 is 30.7. The van der Waals surface area contributed by atoms with Crippen LogP contribution in [0.2, 0.25) is 0 Å². The highest BCUT2D eigenvalue weighted by atomic mass is 19.1. The molecule has 1 rings (SSSR count). The second kappa shape index (κ2) is 7.03. The number of ether oxygens (including phenoxy) is 1. The third-order valence-electron chi connectivity index (χ3n) is 2.44. The van der Waals surface area contributed by atoms with Crippen molar-refractivity contribution < 1.29 is 18.3 Å². The molecule has 0 aliphatic rings. The van der Waals surface area contributed by atoms with E-state index in [-0.39, 0.29) is 12.1 Å². The highest BCUT2D eigenvalue weighted by Gasteiger charge is 2.13. The molecule has 0 saturated heterocycles. The van der Waals surface area contributed by atoms with Gasteiger partial charge in [0.15, 0.2) is 0 Å². The van der Waals surface area contributed by atoms with Gasteiger partial charge >= 0.3 is 0 Å². The van der Waals surface area contributed by atoms with Crippen molar-refractivity contribution in [3.05, 3.63) is 35.4 Å². The highest BCUT2D eigenvalue weighted by Crippen LogP contribution is 2.09. The Morgan fingerprint density at radius 1 is 1.50 bits per heavy atom. The number of hydrogen-bond acceptors (Lipinski definition) is 3. The molecule has 4 nitrogen and oxygen atoms in total. The molecule has 18 heavy (non-hydrogen) atoms. The summed E-state index contributed by atoms with van der Waals surface area (Å²) in [6, 6.07) is 2.49. The fourth-order valence-electron chi connectivity index (χ4n) is 1.35. The van der Waals surface area contributed by atoms with Crippen molar-refractivity contribution in [3.63, 3.8) is 0 Å². The van der Waals surface area contributed by atoms with Gasteiger partial charge in [-0.3, -0.25) is 4.79 Å². The van der Waals surface area contributed by atoms with E-state index in [2.05, 4.69) is 5.32 Å². The number of nitrogens with one attached hydrogen (secondary N) is 1. The van der Waals surface area contributed by atoms with Crippen LogP contribution in [0, 0.1) is 11.6 Å². The quantitative estimate of drug-likeness (QED) is 0.798. The van der Waals surface area contributed by atoms with Crippen LogP contribution in [-0.2, 0) is 16.1 Å². The molecule has 0 spiro atoms. The molecule has 1 aromatic carbocycles. The zero-order valence-corrected chi connectivity index (χ0v) is 10.1. The van der Waals surface area contributed by atoms with E-state index in [0.29, 0.717) is 13.0 Å². The van der Waals surface area contributed by atoms with Crippen LogP contribution < -0.4 is 11.1 Å². The molecule has 1 aromatic rings. The van der Waals surface area contributed by atoms with E-state index < -0.39 is 23.6 Å². The average molecular weight is 258 g/mol. The Balaban J connectivity index is 2.47. The van der Waals surface area contributed by atoms with E-state index in [1.165, 1.54) is 13.2 Å². The van der Waals surface area contributed by atoms with Crippen molar-refractivity contribution in [1.82, 2.24) is 5.32 Å². The fraction of sp³-hybridized carbons (Fsp3) is 0.417. The topological polar surface area (TPSA) is 64.3 Å². The molecule has 0 bridgehead atoms. The minimum absolute atomic E-state index is 0.0222. The van der Waals surface area contributed by atoms with Gasteiger partial charge in [-0.1, -0.05) is 6.07 Å². The lowest BCUT2D eigenvalue weighted by Crippen LogP contribution is -2.41. The maximum absolute atomic E-state index is 13.3. The van der Waals surface area contributed by atoms with Crippen molar-refractivity contribution in [2.75, 3.05) is 13.7 Å². The van der Waals surface area contributed by atoms with Crippen LogP contribution in [0.15, 0.2) is 18.2 Å². The molecule has 0 aliphatic heterocycles. The molecule has 6 heteroatoms. The Hall–Kier alpha value is -1.53. The molecule has 0 radical (unpaired) electrons. The number of methoxy groups -OCH3 is 1. The third kappa shape index (κ3) is 4.38. The van der Waals surface area contributed by atoms with Gasteiger partial charge in [-0.15, -0.1) is 0 Å². The van der Waals surface area contributed by atoms with Gasteiger partial charge in [0.25, 0.3) is 0 Å². The number of amides is 1. The molecule has 0 heterocycles. The van der Waals surface area contributed by atoms with Crippen molar-refractivity contribution in [1.29, 1.82) is 0 Å². The van der Waals surface area contributed by atoms with Gasteiger partial charge < -0.3 is 15.8 Å². The highest BCUT2D eigenvalue weighted by molar-refractivity contribution is 5.81. The minimum Gasteiger partial charge on any atom is -0.385 e. The second-order valence-corrected chi connectivity index (χ2v) is 3.84. The number of nitrogens with two attached hydrogens (primary N) is 1. The molecule has 0 saturated carbocycles. The molecule has 0 fully saturated rings. The summed E-state index contributed by atoms with van der Waals surface area (Å²) in [7, 11) is 1.51. The van der Waals surface area contributed by atoms with Gasteiger partial charge in [0.05, 0.1) is 6.04 Å². The minimum atomic E-state index is -0.701. The van der Waals surface area contributed by atoms with E-state index in [4.69, 9.17) is 10.5 Å². The molecule has 0 aliphatic carbocycles. The summed E-state index contributed by atoms with van der Waals surface area (Å²) in [5.74, 6) is -1.74. The summed E-state index contributed by atoms with van der Waals surface area (Å²) in [4.78, 5) is 11.5. The molecule has 1 unspecified atom stereocenters. The smallest absolute Gasteiger partial charge is 0.237 e. The molecular weight excluding hydrogens is 242 g/mol. The first-order valence-corrected chi connectivity index (χ1v) is 5.50. The first-order chi connectivity index (χ1) is 8.54. The molecule has 1 atom stereocenters. The maximum Gasteiger partial charge on any atom is 0.237 e. The Labute approximate surface area is 104 Å². The first-order valence-electron chi connectivity index (χ1n) is 5.50. The SMILES string of the molecule is COCCC(N)C(=O)NCc1ccc(F)cc1F. The Morgan fingerprint density at radius 2 is 2.22 bits per heavy atom. The van der Waals surface area contributed by atoms with Crippen molar-refractivity contribution in [2.24, 2.45) is 5.73 Å². The predicted octanol–water partition coefficient (Wildman–Crippen LogP) is 0.945. The third-order valence-corrected chi connectivity index (χ3v) is 2.44. The summed E-state index contributed by atoms with van der Waals surface area (Å²) >= 11 is 0. The molecule has 3 N–H and O–H groups in total. The Bertz CT molecular complexity index is 413. The van der Waals surface area contributed by atoms with E-state index in [1.54, 1.807) is 0 Å². The summed E-state index contributed by atoms with van der Waals surface area (Å²) in [6.07, 6.45) is 0.383. The van der Waals surface area contributed by atoms with Crippen LogP contribution in [0.1, 0.15) is 12.0 Å². The van der Waals surface area contributed by atoms with Gasteiger partial charge in [-0.25, -0.2) is 8.78 Å². The Morgan fingerprint density at radius 3 is 2.83 bits per heavy atom. The van der Waals surface area contributed by atoms with E-state index in [0.717, 1.165) is 12.1 Å². The van der Waals surface area contributed by atoms with Crippen molar-refractivity contribution in [2.45, 2.75) is 19.0 Å². The summed E-state index contributed by atoms with van der Waals surface area (Å²) in [5.41, 5.74) is 5.80.